The number of morpholine rings is 1. The molecule has 1 fully saturated rings. The maximum Gasteiger partial charge on any atom is 0.225 e. The molecule has 0 radical (unpaired) electrons. The molecule has 1 aromatic heterocycles. The summed E-state index contributed by atoms with van der Waals surface area (Å²) in [7, 11) is 0. The summed E-state index contributed by atoms with van der Waals surface area (Å²) in [6.07, 6.45) is 8.28. The van der Waals surface area contributed by atoms with Crippen molar-refractivity contribution in [2.75, 3.05) is 32.8 Å². The van der Waals surface area contributed by atoms with Crippen molar-refractivity contribution in [3.8, 4) is 0 Å². The van der Waals surface area contributed by atoms with E-state index in [1.165, 1.54) is 25.7 Å². The zero-order valence-electron chi connectivity index (χ0n) is 17.5. The second-order valence-corrected chi connectivity index (χ2v) is 7.62. The highest BCUT2D eigenvalue weighted by atomic mass is 16.5. The fourth-order valence-electron chi connectivity index (χ4n) is 3.76. The first-order chi connectivity index (χ1) is 13.8. The van der Waals surface area contributed by atoms with Crippen molar-refractivity contribution in [2.24, 2.45) is 4.99 Å². The number of para-hydroxylation sites is 1. The van der Waals surface area contributed by atoms with Gasteiger partial charge in [-0.2, -0.15) is 0 Å². The van der Waals surface area contributed by atoms with E-state index in [9.17, 15) is 0 Å². The van der Waals surface area contributed by atoms with Crippen molar-refractivity contribution in [1.29, 1.82) is 0 Å². The number of benzene rings is 1. The second-order valence-electron chi connectivity index (χ2n) is 7.62. The number of rotatable bonds is 10. The summed E-state index contributed by atoms with van der Waals surface area (Å²) in [4.78, 5) is 12.2. The van der Waals surface area contributed by atoms with Gasteiger partial charge in [-0.15, -0.1) is 0 Å². The van der Waals surface area contributed by atoms with Gasteiger partial charge in [-0.1, -0.05) is 58.1 Å². The van der Waals surface area contributed by atoms with Crippen LogP contribution in [-0.4, -0.2) is 42.7 Å². The molecule has 3 rings (SSSR count). The van der Waals surface area contributed by atoms with Crippen LogP contribution >= 0.6 is 0 Å². The Balaban J connectivity index is 1.94. The molecule has 2 aromatic rings. The third-order valence-corrected chi connectivity index (χ3v) is 5.44. The Morgan fingerprint density at radius 2 is 1.82 bits per heavy atom. The van der Waals surface area contributed by atoms with Crippen molar-refractivity contribution in [1.82, 2.24) is 9.88 Å². The predicted molar refractivity (Wildman–Crippen MR) is 113 cm³/mol. The van der Waals surface area contributed by atoms with Gasteiger partial charge in [-0.25, -0.2) is 4.98 Å². The van der Waals surface area contributed by atoms with E-state index in [2.05, 4.69) is 30.9 Å². The normalized spacial score (nSPS) is 17.3. The average Bonchev–Trinajstić information content (AvgIpc) is 2.74. The molecule has 1 aliphatic heterocycles. The van der Waals surface area contributed by atoms with Crippen LogP contribution in [0, 0.1) is 0 Å². The highest BCUT2D eigenvalue weighted by molar-refractivity contribution is 5.76. The third-order valence-electron chi connectivity index (χ3n) is 5.44. The Bertz CT molecular complexity index is 781. The average molecular weight is 386 g/mol. The lowest BCUT2D eigenvalue weighted by molar-refractivity contribution is 0.00681. The van der Waals surface area contributed by atoms with Crippen molar-refractivity contribution in [3.63, 3.8) is 0 Å². The Kier molecular flexibility index (Phi) is 8.49. The molecule has 0 spiro atoms. The monoisotopic (exact) mass is 385 g/mol. The van der Waals surface area contributed by atoms with E-state index in [0.717, 1.165) is 74.5 Å². The standard InChI is InChI=1S/C23H35N3O2/c1-3-5-7-8-13-21(26-15-17-27-18-16-26)23-25-20-12-10-9-11-19(20)22(28-23)24-14-6-4-2/h9-12,21H,3-8,13-18H2,1-2H3. The molecule has 5 heteroatoms. The maximum absolute atomic E-state index is 6.35. The van der Waals surface area contributed by atoms with E-state index < -0.39 is 0 Å². The summed E-state index contributed by atoms with van der Waals surface area (Å²) in [6, 6.07) is 8.40. The van der Waals surface area contributed by atoms with Crippen molar-refractivity contribution in [2.45, 2.75) is 64.8 Å². The summed E-state index contributed by atoms with van der Waals surface area (Å²) in [5.41, 5.74) is 1.71. The number of hydrogen-bond donors (Lipinski definition) is 0. The van der Waals surface area contributed by atoms with Gasteiger partial charge in [0.1, 0.15) is 0 Å². The Labute approximate surface area is 168 Å². The SMILES string of the molecule is CCCCCCC(c1nc2ccccc2c(=NCCCC)o1)N1CCOCC1. The van der Waals surface area contributed by atoms with Crippen LogP contribution < -0.4 is 5.55 Å². The van der Waals surface area contributed by atoms with Gasteiger partial charge in [0.2, 0.25) is 11.4 Å². The van der Waals surface area contributed by atoms with Crippen LogP contribution in [0.25, 0.3) is 10.9 Å². The molecule has 1 unspecified atom stereocenters. The molecule has 2 heterocycles. The molecule has 0 N–H and O–H groups in total. The number of nitrogens with zero attached hydrogens (tertiary/aromatic N) is 3. The van der Waals surface area contributed by atoms with Gasteiger partial charge < -0.3 is 9.15 Å². The largest absolute Gasteiger partial charge is 0.423 e. The lowest BCUT2D eigenvalue weighted by Gasteiger charge is -2.33. The van der Waals surface area contributed by atoms with Gasteiger partial charge >= 0.3 is 0 Å². The summed E-state index contributed by atoms with van der Waals surface area (Å²) in [5.74, 6) is 0.812. The highest BCUT2D eigenvalue weighted by Gasteiger charge is 2.26. The summed E-state index contributed by atoms with van der Waals surface area (Å²) >= 11 is 0. The van der Waals surface area contributed by atoms with E-state index in [1.54, 1.807) is 0 Å². The molecule has 154 valence electrons. The van der Waals surface area contributed by atoms with Crippen LogP contribution in [0.1, 0.15) is 70.7 Å². The fourth-order valence-corrected chi connectivity index (χ4v) is 3.76. The van der Waals surface area contributed by atoms with Crippen LogP contribution in [0.5, 0.6) is 0 Å². The second kappa shape index (κ2) is 11.3. The zero-order chi connectivity index (χ0) is 19.6. The topological polar surface area (TPSA) is 50.9 Å². The summed E-state index contributed by atoms with van der Waals surface area (Å²) in [6.45, 7) is 8.68. The smallest absolute Gasteiger partial charge is 0.225 e. The highest BCUT2D eigenvalue weighted by Crippen LogP contribution is 2.27. The molecule has 5 nitrogen and oxygen atoms in total. The number of hydrogen-bond acceptors (Lipinski definition) is 5. The van der Waals surface area contributed by atoms with Gasteiger partial charge in [0, 0.05) is 19.6 Å². The number of unbranched alkanes of at least 4 members (excludes halogenated alkanes) is 4. The first-order valence-electron chi connectivity index (χ1n) is 11.1. The zero-order valence-corrected chi connectivity index (χ0v) is 17.5. The molecule has 1 atom stereocenters. The fraction of sp³-hybridized carbons (Fsp3) is 0.652. The molecule has 28 heavy (non-hydrogen) atoms. The molecule has 0 saturated carbocycles. The van der Waals surface area contributed by atoms with Crippen molar-refractivity contribution >= 4 is 10.9 Å². The Morgan fingerprint density at radius 1 is 1.04 bits per heavy atom. The number of aromatic nitrogens is 1. The van der Waals surface area contributed by atoms with E-state index in [4.69, 9.17) is 19.1 Å². The summed E-state index contributed by atoms with van der Waals surface area (Å²) in [5, 5.41) is 1.01. The van der Waals surface area contributed by atoms with E-state index >= 15 is 0 Å². The molecular weight excluding hydrogens is 350 g/mol. The minimum Gasteiger partial charge on any atom is -0.423 e. The molecule has 1 aliphatic rings. The van der Waals surface area contributed by atoms with Crippen LogP contribution in [0.15, 0.2) is 33.7 Å². The van der Waals surface area contributed by atoms with Gasteiger partial charge in [-0.05, 0) is 25.0 Å². The van der Waals surface area contributed by atoms with Crippen LogP contribution in [-0.2, 0) is 4.74 Å². The number of fused-ring (bicyclic) bond motifs is 1. The van der Waals surface area contributed by atoms with Gasteiger partial charge in [0.05, 0.1) is 30.2 Å². The van der Waals surface area contributed by atoms with E-state index in [0.29, 0.717) is 0 Å². The number of ether oxygens (including phenoxy) is 1. The van der Waals surface area contributed by atoms with Crippen molar-refractivity contribution < 1.29 is 9.15 Å². The molecule has 0 bridgehead atoms. The van der Waals surface area contributed by atoms with E-state index in [-0.39, 0.29) is 6.04 Å². The van der Waals surface area contributed by atoms with Crippen LogP contribution in [0.3, 0.4) is 0 Å². The Hall–Kier alpha value is -1.72. The molecule has 0 aliphatic carbocycles. The molecule has 0 amide bonds. The molecule has 1 aromatic carbocycles. The Morgan fingerprint density at radius 3 is 2.61 bits per heavy atom. The maximum atomic E-state index is 6.35. The quantitative estimate of drug-likeness (QED) is 0.547. The minimum atomic E-state index is 0.200. The van der Waals surface area contributed by atoms with Crippen LogP contribution in [0.2, 0.25) is 0 Å². The third kappa shape index (κ3) is 5.65. The predicted octanol–water partition coefficient (Wildman–Crippen LogP) is 4.87. The van der Waals surface area contributed by atoms with Gasteiger partial charge in [0.15, 0.2) is 0 Å². The van der Waals surface area contributed by atoms with Gasteiger partial charge in [0.25, 0.3) is 0 Å². The minimum absolute atomic E-state index is 0.200. The van der Waals surface area contributed by atoms with E-state index in [1.807, 2.05) is 12.1 Å². The lowest BCUT2D eigenvalue weighted by atomic mass is 10.0. The molecular formula is C23H35N3O2. The molecule has 1 saturated heterocycles. The van der Waals surface area contributed by atoms with Crippen molar-refractivity contribution in [3.05, 3.63) is 35.7 Å². The van der Waals surface area contributed by atoms with Crippen LogP contribution in [0.4, 0.5) is 0 Å². The van der Waals surface area contributed by atoms with Gasteiger partial charge in [-0.3, -0.25) is 9.89 Å². The summed E-state index contributed by atoms with van der Waals surface area (Å²) < 4.78 is 11.9. The first-order valence-corrected chi connectivity index (χ1v) is 11.1. The first kappa shape index (κ1) is 21.0. The lowest BCUT2D eigenvalue weighted by Crippen LogP contribution is -2.39.